The Morgan fingerprint density at radius 2 is 2.38 bits per heavy atom. The largest absolute Gasteiger partial charge is 0.492 e. The average molecular weight is 176 g/mol. The van der Waals surface area contributed by atoms with Gasteiger partial charge in [-0.2, -0.15) is 0 Å². The van der Waals surface area contributed by atoms with Crippen LogP contribution in [0.4, 0.5) is 0 Å². The van der Waals surface area contributed by atoms with E-state index in [1.54, 1.807) is 0 Å². The molecule has 0 atom stereocenters. The van der Waals surface area contributed by atoms with Gasteiger partial charge in [0.15, 0.2) is 6.29 Å². The first-order valence-corrected chi connectivity index (χ1v) is 4.59. The van der Waals surface area contributed by atoms with E-state index in [1.165, 1.54) is 11.1 Å². The third-order valence-electron chi connectivity index (χ3n) is 2.41. The van der Waals surface area contributed by atoms with Crippen LogP contribution in [0.5, 0.6) is 5.75 Å². The Morgan fingerprint density at radius 1 is 1.54 bits per heavy atom. The van der Waals surface area contributed by atoms with Gasteiger partial charge >= 0.3 is 0 Å². The smallest absolute Gasteiger partial charge is 0.153 e. The fourth-order valence-corrected chi connectivity index (χ4v) is 1.70. The monoisotopic (exact) mass is 176 g/mol. The van der Waals surface area contributed by atoms with Crippen molar-refractivity contribution in [3.63, 3.8) is 0 Å². The maximum absolute atomic E-state index is 10.8. The number of aldehydes is 1. The fourth-order valence-electron chi connectivity index (χ4n) is 1.70. The molecule has 0 saturated heterocycles. The molecular formula is C11H12O2. The highest BCUT2D eigenvalue weighted by atomic mass is 16.5. The van der Waals surface area contributed by atoms with Gasteiger partial charge in [-0.25, -0.2) is 0 Å². The Morgan fingerprint density at radius 3 is 3.08 bits per heavy atom. The van der Waals surface area contributed by atoms with Gasteiger partial charge in [0.2, 0.25) is 0 Å². The Hall–Kier alpha value is -1.31. The van der Waals surface area contributed by atoms with Crippen LogP contribution in [0.3, 0.4) is 0 Å². The number of hydrogen-bond acceptors (Lipinski definition) is 2. The van der Waals surface area contributed by atoms with Gasteiger partial charge in [0.05, 0.1) is 12.2 Å². The lowest BCUT2D eigenvalue weighted by Gasteiger charge is -2.04. The molecule has 0 spiro atoms. The summed E-state index contributed by atoms with van der Waals surface area (Å²) in [6.45, 7) is 2.80. The zero-order chi connectivity index (χ0) is 9.26. The molecule has 0 bridgehead atoms. The molecule has 0 N–H and O–H groups in total. The molecule has 0 amide bonds. The maximum Gasteiger partial charge on any atom is 0.153 e. The predicted molar refractivity (Wildman–Crippen MR) is 50.4 cm³/mol. The average Bonchev–Trinajstić information content (AvgIpc) is 2.63. The van der Waals surface area contributed by atoms with E-state index in [2.05, 4.69) is 13.0 Å². The van der Waals surface area contributed by atoms with E-state index in [1.807, 2.05) is 6.07 Å². The van der Waals surface area contributed by atoms with Crippen molar-refractivity contribution in [2.75, 3.05) is 6.61 Å². The molecule has 2 heteroatoms. The molecule has 2 nitrogen and oxygen atoms in total. The van der Waals surface area contributed by atoms with Crippen LogP contribution in [0, 0.1) is 0 Å². The van der Waals surface area contributed by atoms with E-state index in [0.717, 1.165) is 24.9 Å². The van der Waals surface area contributed by atoms with Gasteiger partial charge in [-0.05, 0) is 23.6 Å². The van der Waals surface area contributed by atoms with Gasteiger partial charge in [-0.1, -0.05) is 13.0 Å². The highest BCUT2D eigenvalue weighted by Gasteiger charge is 2.16. The van der Waals surface area contributed by atoms with E-state index in [0.29, 0.717) is 12.2 Å². The lowest BCUT2D eigenvalue weighted by atomic mass is 10.0. The van der Waals surface area contributed by atoms with Crippen LogP contribution in [-0.2, 0) is 12.8 Å². The van der Waals surface area contributed by atoms with E-state index < -0.39 is 0 Å². The van der Waals surface area contributed by atoms with Gasteiger partial charge in [-0.3, -0.25) is 4.79 Å². The second-order valence-electron chi connectivity index (χ2n) is 3.24. The van der Waals surface area contributed by atoms with Crippen molar-refractivity contribution in [3.05, 3.63) is 28.8 Å². The van der Waals surface area contributed by atoms with Crippen LogP contribution in [0.1, 0.15) is 28.4 Å². The third-order valence-corrected chi connectivity index (χ3v) is 2.41. The summed E-state index contributed by atoms with van der Waals surface area (Å²) < 4.78 is 5.39. The summed E-state index contributed by atoms with van der Waals surface area (Å²) in [5.74, 6) is 0.798. The second-order valence-corrected chi connectivity index (χ2v) is 3.24. The first-order chi connectivity index (χ1) is 6.35. The van der Waals surface area contributed by atoms with E-state index in [4.69, 9.17) is 4.74 Å². The molecule has 1 aromatic carbocycles. The zero-order valence-corrected chi connectivity index (χ0v) is 7.67. The first kappa shape index (κ1) is 8.30. The molecule has 0 fully saturated rings. The summed E-state index contributed by atoms with van der Waals surface area (Å²) >= 11 is 0. The normalized spacial score (nSPS) is 13.6. The number of rotatable bonds is 2. The fraction of sp³-hybridized carbons (Fsp3) is 0.364. The van der Waals surface area contributed by atoms with Gasteiger partial charge < -0.3 is 4.74 Å². The SMILES string of the molecule is CCc1cc(C=O)c2c(c1)CCO2. The molecule has 13 heavy (non-hydrogen) atoms. The van der Waals surface area contributed by atoms with Crippen molar-refractivity contribution in [1.29, 1.82) is 0 Å². The summed E-state index contributed by atoms with van der Waals surface area (Å²) in [7, 11) is 0. The standard InChI is InChI=1S/C11H12O2/c1-2-8-5-9-3-4-13-11(9)10(6-8)7-12/h5-7H,2-4H2,1H3. The topological polar surface area (TPSA) is 26.3 Å². The second kappa shape index (κ2) is 3.21. The molecule has 0 aliphatic carbocycles. The van der Waals surface area contributed by atoms with Gasteiger partial charge in [0.25, 0.3) is 0 Å². The van der Waals surface area contributed by atoms with Crippen molar-refractivity contribution in [3.8, 4) is 5.75 Å². The Balaban J connectivity index is 2.55. The van der Waals surface area contributed by atoms with Crippen molar-refractivity contribution in [2.45, 2.75) is 19.8 Å². The van der Waals surface area contributed by atoms with Crippen molar-refractivity contribution in [1.82, 2.24) is 0 Å². The summed E-state index contributed by atoms with van der Waals surface area (Å²) in [6.07, 6.45) is 2.78. The molecule has 1 heterocycles. The van der Waals surface area contributed by atoms with Crippen LogP contribution in [-0.4, -0.2) is 12.9 Å². The van der Waals surface area contributed by atoms with Crippen LogP contribution in [0.2, 0.25) is 0 Å². The van der Waals surface area contributed by atoms with E-state index in [9.17, 15) is 4.79 Å². The zero-order valence-electron chi connectivity index (χ0n) is 7.67. The minimum absolute atomic E-state index is 0.701. The minimum atomic E-state index is 0.701. The molecule has 1 aromatic rings. The number of carbonyl (C=O) groups excluding carboxylic acids is 1. The Labute approximate surface area is 77.5 Å². The third kappa shape index (κ3) is 1.32. The summed E-state index contributed by atoms with van der Waals surface area (Å²) in [4.78, 5) is 10.8. The molecule has 2 rings (SSSR count). The molecule has 0 radical (unpaired) electrons. The van der Waals surface area contributed by atoms with E-state index >= 15 is 0 Å². The van der Waals surface area contributed by atoms with Crippen LogP contribution >= 0.6 is 0 Å². The van der Waals surface area contributed by atoms with Crippen molar-refractivity contribution in [2.24, 2.45) is 0 Å². The van der Waals surface area contributed by atoms with E-state index in [-0.39, 0.29) is 0 Å². The highest BCUT2D eigenvalue weighted by Crippen LogP contribution is 2.30. The number of hydrogen-bond donors (Lipinski definition) is 0. The quantitative estimate of drug-likeness (QED) is 0.644. The number of fused-ring (bicyclic) bond motifs is 1. The number of benzene rings is 1. The molecule has 1 aliphatic rings. The van der Waals surface area contributed by atoms with Gasteiger partial charge in [0.1, 0.15) is 5.75 Å². The Bertz CT molecular complexity index is 342. The Kier molecular flexibility index (Phi) is 2.05. The lowest BCUT2D eigenvalue weighted by molar-refractivity contribution is 0.112. The van der Waals surface area contributed by atoms with Crippen LogP contribution in [0.15, 0.2) is 12.1 Å². The number of aryl methyl sites for hydroxylation is 1. The van der Waals surface area contributed by atoms with Crippen molar-refractivity contribution >= 4 is 6.29 Å². The van der Waals surface area contributed by atoms with Crippen LogP contribution in [0.25, 0.3) is 0 Å². The first-order valence-electron chi connectivity index (χ1n) is 4.59. The molecule has 0 saturated carbocycles. The maximum atomic E-state index is 10.8. The van der Waals surface area contributed by atoms with Crippen LogP contribution < -0.4 is 4.74 Å². The number of ether oxygens (including phenoxy) is 1. The molecule has 1 aliphatic heterocycles. The highest BCUT2D eigenvalue weighted by molar-refractivity contribution is 5.81. The number of carbonyl (C=O) groups is 1. The molecule has 68 valence electrons. The predicted octanol–water partition coefficient (Wildman–Crippen LogP) is 2.00. The van der Waals surface area contributed by atoms with Gasteiger partial charge in [-0.15, -0.1) is 0 Å². The molecule has 0 aromatic heterocycles. The minimum Gasteiger partial charge on any atom is -0.492 e. The summed E-state index contributed by atoms with van der Waals surface area (Å²) in [6, 6.07) is 4.05. The lowest BCUT2D eigenvalue weighted by Crippen LogP contribution is -1.92. The molecular weight excluding hydrogens is 164 g/mol. The van der Waals surface area contributed by atoms with Gasteiger partial charge in [0, 0.05) is 6.42 Å². The summed E-state index contributed by atoms with van der Waals surface area (Å²) in [5.41, 5.74) is 3.10. The van der Waals surface area contributed by atoms with Crippen molar-refractivity contribution < 1.29 is 9.53 Å². The summed E-state index contributed by atoms with van der Waals surface area (Å²) in [5, 5.41) is 0. The molecule has 0 unspecified atom stereocenters.